The standard InChI is InChI=1S/C20H21N3O3/c1-14(2)16-10-6-7-11-17(16)25-13-18(24)21-12-19-22-20(23-26-19)15-8-4-3-5-9-15/h3-11,14H,12-13H2,1-2H3,(H,21,24). The lowest BCUT2D eigenvalue weighted by atomic mass is 10.0. The molecule has 1 amide bonds. The Bertz CT molecular complexity index is 860. The average Bonchev–Trinajstić information content (AvgIpc) is 3.14. The smallest absolute Gasteiger partial charge is 0.258 e. The second-order valence-electron chi connectivity index (χ2n) is 6.14. The Hall–Kier alpha value is -3.15. The zero-order valence-electron chi connectivity index (χ0n) is 14.8. The summed E-state index contributed by atoms with van der Waals surface area (Å²) >= 11 is 0. The molecule has 0 aliphatic heterocycles. The molecule has 0 radical (unpaired) electrons. The van der Waals surface area contributed by atoms with E-state index in [0.717, 1.165) is 16.9 Å². The number of nitrogens with one attached hydrogen (secondary N) is 1. The van der Waals surface area contributed by atoms with Crippen LogP contribution in [0.4, 0.5) is 0 Å². The van der Waals surface area contributed by atoms with E-state index >= 15 is 0 Å². The summed E-state index contributed by atoms with van der Waals surface area (Å²) in [6.45, 7) is 4.27. The molecule has 1 N–H and O–H groups in total. The molecule has 2 aromatic carbocycles. The molecule has 26 heavy (non-hydrogen) atoms. The van der Waals surface area contributed by atoms with Crippen molar-refractivity contribution in [1.29, 1.82) is 0 Å². The van der Waals surface area contributed by atoms with E-state index in [0.29, 0.717) is 17.6 Å². The number of ether oxygens (including phenoxy) is 1. The van der Waals surface area contributed by atoms with E-state index in [1.807, 2.05) is 54.6 Å². The Balaban J connectivity index is 1.51. The zero-order chi connectivity index (χ0) is 18.4. The average molecular weight is 351 g/mol. The normalized spacial score (nSPS) is 10.7. The minimum absolute atomic E-state index is 0.0661. The van der Waals surface area contributed by atoms with Crippen molar-refractivity contribution in [2.45, 2.75) is 26.3 Å². The Morgan fingerprint density at radius 2 is 1.85 bits per heavy atom. The van der Waals surface area contributed by atoms with E-state index in [1.165, 1.54) is 0 Å². The molecule has 3 rings (SSSR count). The third-order valence-corrected chi connectivity index (χ3v) is 3.84. The van der Waals surface area contributed by atoms with E-state index in [1.54, 1.807) is 0 Å². The van der Waals surface area contributed by atoms with Gasteiger partial charge in [-0.3, -0.25) is 4.79 Å². The highest BCUT2D eigenvalue weighted by Gasteiger charge is 2.11. The van der Waals surface area contributed by atoms with Gasteiger partial charge < -0.3 is 14.6 Å². The van der Waals surface area contributed by atoms with Gasteiger partial charge in [-0.1, -0.05) is 67.5 Å². The van der Waals surface area contributed by atoms with Crippen molar-refractivity contribution in [2.75, 3.05) is 6.61 Å². The summed E-state index contributed by atoms with van der Waals surface area (Å²) in [7, 11) is 0. The fourth-order valence-corrected chi connectivity index (χ4v) is 2.49. The number of hydrogen-bond donors (Lipinski definition) is 1. The van der Waals surface area contributed by atoms with Gasteiger partial charge in [0, 0.05) is 5.56 Å². The lowest BCUT2D eigenvalue weighted by Crippen LogP contribution is -2.28. The third kappa shape index (κ3) is 4.47. The second kappa shape index (κ2) is 8.29. The van der Waals surface area contributed by atoms with Gasteiger partial charge in [0.2, 0.25) is 11.7 Å². The summed E-state index contributed by atoms with van der Waals surface area (Å²) in [5.41, 5.74) is 1.94. The van der Waals surface area contributed by atoms with Crippen molar-refractivity contribution in [3.05, 3.63) is 66.1 Å². The highest BCUT2D eigenvalue weighted by atomic mass is 16.5. The minimum atomic E-state index is -0.247. The summed E-state index contributed by atoms with van der Waals surface area (Å²) in [6, 6.07) is 17.2. The molecule has 0 spiro atoms. The zero-order valence-corrected chi connectivity index (χ0v) is 14.8. The molecule has 3 aromatic rings. The number of rotatable bonds is 7. The first-order valence-corrected chi connectivity index (χ1v) is 8.50. The number of nitrogens with zero attached hydrogens (tertiary/aromatic N) is 2. The Morgan fingerprint density at radius 1 is 1.12 bits per heavy atom. The van der Waals surface area contributed by atoms with E-state index in [2.05, 4.69) is 29.3 Å². The first-order valence-electron chi connectivity index (χ1n) is 8.50. The van der Waals surface area contributed by atoms with Crippen LogP contribution in [0, 0.1) is 0 Å². The van der Waals surface area contributed by atoms with Gasteiger partial charge in [-0.05, 0) is 17.5 Å². The monoisotopic (exact) mass is 351 g/mol. The molecule has 0 saturated heterocycles. The summed E-state index contributed by atoms with van der Waals surface area (Å²) in [5.74, 6) is 1.64. The van der Waals surface area contributed by atoms with Gasteiger partial charge in [-0.2, -0.15) is 4.98 Å². The lowest BCUT2D eigenvalue weighted by Gasteiger charge is -2.13. The first kappa shape index (κ1) is 17.7. The van der Waals surface area contributed by atoms with Crippen LogP contribution in [0.25, 0.3) is 11.4 Å². The SMILES string of the molecule is CC(C)c1ccccc1OCC(=O)NCc1nc(-c2ccccc2)no1. The number of aromatic nitrogens is 2. The van der Waals surface area contributed by atoms with Crippen molar-refractivity contribution in [3.63, 3.8) is 0 Å². The molecule has 1 heterocycles. The number of carbonyl (C=O) groups excluding carboxylic acids is 1. The minimum Gasteiger partial charge on any atom is -0.483 e. The largest absolute Gasteiger partial charge is 0.483 e. The predicted octanol–water partition coefficient (Wildman–Crippen LogP) is 3.56. The molecule has 0 unspecified atom stereocenters. The molecule has 0 bridgehead atoms. The lowest BCUT2D eigenvalue weighted by molar-refractivity contribution is -0.123. The highest BCUT2D eigenvalue weighted by Crippen LogP contribution is 2.25. The van der Waals surface area contributed by atoms with Gasteiger partial charge in [0.1, 0.15) is 5.75 Å². The number of benzene rings is 2. The van der Waals surface area contributed by atoms with Crippen LogP contribution in [0.3, 0.4) is 0 Å². The van der Waals surface area contributed by atoms with Crippen LogP contribution in [0.2, 0.25) is 0 Å². The number of amides is 1. The van der Waals surface area contributed by atoms with Crippen LogP contribution in [0.1, 0.15) is 31.2 Å². The third-order valence-electron chi connectivity index (χ3n) is 3.84. The van der Waals surface area contributed by atoms with Gasteiger partial charge in [-0.25, -0.2) is 0 Å². The van der Waals surface area contributed by atoms with Crippen LogP contribution in [0.5, 0.6) is 5.75 Å². The van der Waals surface area contributed by atoms with E-state index < -0.39 is 0 Å². The molecule has 6 heteroatoms. The number of hydrogen-bond acceptors (Lipinski definition) is 5. The Kier molecular flexibility index (Phi) is 5.63. The van der Waals surface area contributed by atoms with Crippen LogP contribution < -0.4 is 10.1 Å². The summed E-state index contributed by atoms with van der Waals surface area (Å²) in [4.78, 5) is 16.3. The fraction of sp³-hybridized carbons (Fsp3) is 0.250. The van der Waals surface area contributed by atoms with Gasteiger partial charge in [0.05, 0.1) is 6.54 Å². The second-order valence-corrected chi connectivity index (χ2v) is 6.14. The quantitative estimate of drug-likeness (QED) is 0.704. The van der Waals surface area contributed by atoms with Crippen molar-refractivity contribution in [1.82, 2.24) is 15.5 Å². The van der Waals surface area contributed by atoms with Crippen molar-refractivity contribution in [2.24, 2.45) is 0 Å². The number of para-hydroxylation sites is 1. The van der Waals surface area contributed by atoms with Crippen molar-refractivity contribution < 1.29 is 14.1 Å². The molecular weight excluding hydrogens is 330 g/mol. The fourth-order valence-electron chi connectivity index (χ4n) is 2.49. The Morgan fingerprint density at radius 3 is 2.62 bits per heavy atom. The molecule has 134 valence electrons. The predicted molar refractivity (Wildman–Crippen MR) is 97.6 cm³/mol. The molecule has 0 aliphatic rings. The maximum Gasteiger partial charge on any atom is 0.258 e. The van der Waals surface area contributed by atoms with E-state index in [9.17, 15) is 4.79 Å². The van der Waals surface area contributed by atoms with Crippen LogP contribution >= 0.6 is 0 Å². The topological polar surface area (TPSA) is 77.2 Å². The molecule has 0 saturated carbocycles. The summed E-state index contributed by atoms with van der Waals surface area (Å²) < 4.78 is 10.8. The van der Waals surface area contributed by atoms with Gasteiger partial charge in [0.25, 0.3) is 5.91 Å². The van der Waals surface area contributed by atoms with E-state index in [-0.39, 0.29) is 19.1 Å². The van der Waals surface area contributed by atoms with Gasteiger partial charge in [-0.15, -0.1) is 0 Å². The molecule has 1 aromatic heterocycles. The molecule has 0 atom stereocenters. The molecular formula is C20H21N3O3. The number of carbonyl (C=O) groups is 1. The van der Waals surface area contributed by atoms with Crippen LogP contribution in [0.15, 0.2) is 59.1 Å². The summed E-state index contributed by atoms with van der Waals surface area (Å²) in [6.07, 6.45) is 0. The van der Waals surface area contributed by atoms with Gasteiger partial charge >= 0.3 is 0 Å². The maximum atomic E-state index is 12.0. The maximum absolute atomic E-state index is 12.0. The van der Waals surface area contributed by atoms with Gasteiger partial charge in [0.15, 0.2) is 6.61 Å². The van der Waals surface area contributed by atoms with Crippen LogP contribution in [-0.4, -0.2) is 22.7 Å². The van der Waals surface area contributed by atoms with Crippen LogP contribution in [-0.2, 0) is 11.3 Å². The van der Waals surface area contributed by atoms with E-state index in [4.69, 9.17) is 9.26 Å². The highest BCUT2D eigenvalue weighted by molar-refractivity contribution is 5.77. The molecule has 6 nitrogen and oxygen atoms in total. The molecule has 0 fully saturated rings. The van der Waals surface area contributed by atoms with Crippen molar-refractivity contribution >= 4 is 5.91 Å². The Labute approximate surface area is 152 Å². The first-order chi connectivity index (χ1) is 12.6. The van der Waals surface area contributed by atoms with Crippen molar-refractivity contribution in [3.8, 4) is 17.1 Å². The molecule has 0 aliphatic carbocycles. The summed E-state index contributed by atoms with van der Waals surface area (Å²) in [5, 5.41) is 6.64.